The molecule has 1 aromatic carbocycles. The van der Waals surface area contributed by atoms with Gasteiger partial charge in [0.1, 0.15) is 12.4 Å². The summed E-state index contributed by atoms with van der Waals surface area (Å²) < 4.78 is 52.3. The van der Waals surface area contributed by atoms with Crippen LogP contribution in [0.3, 0.4) is 0 Å². The van der Waals surface area contributed by atoms with Gasteiger partial charge in [0, 0.05) is 42.9 Å². The van der Waals surface area contributed by atoms with Gasteiger partial charge in [-0.25, -0.2) is 13.8 Å². The Hall–Kier alpha value is -2.65. The molecule has 1 aromatic heterocycles. The molecule has 9 heteroatoms. The number of carbonyl (C=O) groups is 1. The predicted octanol–water partition coefficient (Wildman–Crippen LogP) is 2.38. The molecule has 1 aliphatic carbocycles. The van der Waals surface area contributed by atoms with Crippen molar-refractivity contribution in [2.75, 3.05) is 32.8 Å². The average molecular weight is 421 g/mol. The second kappa shape index (κ2) is 9.01. The first kappa shape index (κ1) is 20.6. The van der Waals surface area contributed by atoms with Crippen molar-refractivity contribution in [3.8, 4) is 5.75 Å². The summed E-state index contributed by atoms with van der Waals surface area (Å²) >= 11 is 0. The van der Waals surface area contributed by atoms with Crippen LogP contribution in [0.1, 0.15) is 23.5 Å². The molecule has 2 heterocycles. The van der Waals surface area contributed by atoms with Crippen LogP contribution >= 0.6 is 0 Å². The van der Waals surface area contributed by atoms with Crippen molar-refractivity contribution in [2.24, 2.45) is 0 Å². The van der Waals surface area contributed by atoms with E-state index in [1.807, 2.05) is 0 Å². The summed E-state index contributed by atoms with van der Waals surface area (Å²) in [6.07, 6.45) is 1.93. The van der Waals surface area contributed by atoms with Crippen molar-refractivity contribution in [3.05, 3.63) is 59.2 Å². The van der Waals surface area contributed by atoms with E-state index in [1.54, 1.807) is 11.0 Å². The fourth-order valence-electron chi connectivity index (χ4n) is 3.60. The Bertz CT molecular complexity index is 922. The van der Waals surface area contributed by atoms with E-state index in [9.17, 15) is 18.0 Å². The number of nitrogens with zero attached hydrogens (tertiary/aromatic N) is 2. The van der Waals surface area contributed by atoms with Crippen molar-refractivity contribution >= 4 is 5.91 Å². The molecule has 2 aliphatic rings. The maximum absolute atomic E-state index is 14.4. The quantitative estimate of drug-likeness (QED) is 0.696. The van der Waals surface area contributed by atoms with Gasteiger partial charge in [0.25, 0.3) is 0 Å². The van der Waals surface area contributed by atoms with Crippen molar-refractivity contribution in [2.45, 2.75) is 25.0 Å². The fraction of sp³-hybridized carbons (Fsp3) is 0.429. The van der Waals surface area contributed by atoms with E-state index < -0.39 is 17.6 Å². The topological polar surface area (TPSA) is 63.7 Å². The van der Waals surface area contributed by atoms with E-state index in [4.69, 9.17) is 9.47 Å². The van der Waals surface area contributed by atoms with Gasteiger partial charge in [0.15, 0.2) is 11.6 Å². The fourth-order valence-corrected chi connectivity index (χ4v) is 3.60. The van der Waals surface area contributed by atoms with E-state index in [1.165, 1.54) is 18.3 Å². The van der Waals surface area contributed by atoms with Crippen LogP contribution in [0.2, 0.25) is 0 Å². The summed E-state index contributed by atoms with van der Waals surface area (Å²) in [5, 5.41) is 3.16. The lowest BCUT2D eigenvalue weighted by Gasteiger charge is -2.27. The molecule has 4 rings (SSSR count). The molecule has 0 spiro atoms. The highest BCUT2D eigenvalue weighted by molar-refractivity contribution is 5.78. The molecule has 6 nitrogen and oxygen atoms in total. The molecule has 30 heavy (non-hydrogen) atoms. The Balaban J connectivity index is 1.39. The highest BCUT2D eigenvalue weighted by Crippen LogP contribution is 2.46. The van der Waals surface area contributed by atoms with E-state index in [-0.39, 0.29) is 36.8 Å². The summed E-state index contributed by atoms with van der Waals surface area (Å²) in [5.41, 5.74) is 0.886. The molecule has 1 amide bonds. The largest absolute Gasteiger partial charge is 0.486 e. The third kappa shape index (κ3) is 4.91. The summed E-state index contributed by atoms with van der Waals surface area (Å²) in [7, 11) is 0. The lowest BCUT2D eigenvalue weighted by atomic mass is 10.1. The van der Waals surface area contributed by atoms with Crippen LogP contribution < -0.4 is 10.1 Å². The predicted molar refractivity (Wildman–Crippen MR) is 101 cm³/mol. The maximum Gasteiger partial charge on any atom is 0.236 e. The second-order valence-electron chi connectivity index (χ2n) is 7.40. The summed E-state index contributed by atoms with van der Waals surface area (Å²) in [6, 6.07) is 4.69. The van der Waals surface area contributed by atoms with Gasteiger partial charge in [-0.2, -0.15) is 4.39 Å². The average Bonchev–Trinajstić information content (AvgIpc) is 3.51. The number of aromatic nitrogens is 1. The van der Waals surface area contributed by atoms with Crippen LogP contribution in [0.15, 0.2) is 30.5 Å². The number of pyridine rings is 1. The van der Waals surface area contributed by atoms with Crippen molar-refractivity contribution in [1.29, 1.82) is 0 Å². The molecule has 2 fully saturated rings. The van der Waals surface area contributed by atoms with Crippen LogP contribution in [0, 0.1) is 17.6 Å². The third-order valence-electron chi connectivity index (χ3n) is 5.28. The molecular weight excluding hydrogens is 399 g/mol. The number of morpholine rings is 1. The van der Waals surface area contributed by atoms with E-state index in [0.29, 0.717) is 43.9 Å². The summed E-state index contributed by atoms with van der Waals surface area (Å²) in [6.45, 7) is 2.28. The number of nitrogens with one attached hydrogen (secondary N) is 1. The monoisotopic (exact) mass is 421 g/mol. The first-order valence-corrected chi connectivity index (χ1v) is 9.82. The second-order valence-corrected chi connectivity index (χ2v) is 7.40. The van der Waals surface area contributed by atoms with Gasteiger partial charge in [-0.3, -0.25) is 4.79 Å². The molecule has 1 saturated carbocycles. The lowest BCUT2D eigenvalue weighted by Crippen LogP contribution is -2.45. The van der Waals surface area contributed by atoms with E-state index in [0.717, 1.165) is 6.07 Å². The minimum atomic E-state index is -0.811. The van der Waals surface area contributed by atoms with E-state index >= 15 is 0 Å². The SMILES string of the molecule is O=C(CNC1CC1c1cc(F)cc(F)c1OCc1ccnc(F)c1)N1CCOCC1. The van der Waals surface area contributed by atoms with Gasteiger partial charge >= 0.3 is 0 Å². The van der Waals surface area contributed by atoms with Gasteiger partial charge < -0.3 is 19.7 Å². The third-order valence-corrected chi connectivity index (χ3v) is 5.28. The lowest BCUT2D eigenvalue weighted by molar-refractivity contribution is -0.134. The van der Waals surface area contributed by atoms with Gasteiger partial charge in [0.2, 0.25) is 11.9 Å². The highest BCUT2D eigenvalue weighted by atomic mass is 19.1. The van der Waals surface area contributed by atoms with Crippen molar-refractivity contribution in [1.82, 2.24) is 15.2 Å². The molecule has 1 N–H and O–H groups in total. The molecule has 160 valence electrons. The zero-order valence-corrected chi connectivity index (χ0v) is 16.2. The highest BCUT2D eigenvalue weighted by Gasteiger charge is 2.41. The maximum atomic E-state index is 14.4. The molecular formula is C21H22F3N3O3. The van der Waals surface area contributed by atoms with Crippen LogP contribution in [-0.2, 0) is 16.1 Å². The Morgan fingerprint density at radius 3 is 2.80 bits per heavy atom. The first-order chi connectivity index (χ1) is 14.5. The number of hydrogen-bond donors (Lipinski definition) is 1. The van der Waals surface area contributed by atoms with E-state index in [2.05, 4.69) is 10.3 Å². The summed E-state index contributed by atoms with van der Waals surface area (Å²) in [4.78, 5) is 17.5. The molecule has 0 radical (unpaired) electrons. The molecule has 2 unspecified atom stereocenters. The summed E-state index contributed by atoms with van der Waals surface area (Å²) in [5.74, 6) is -2.41. The van der Waals surface area contributed by atoms with Gasteiger partial charge in [-0.15, -0.1) is 0 Å². The Kier molecular flexibility index (Phi) is 6.19. The number of amides is 1. The standard InChI is InChI=1S/C21H22F3N3O3/c22-14-8-16(15-10-18(15)26-11-20(28)27-3-5-29-6-4-27)21(17(23)9-14)30-12-13-1-2-25-19(24)7-13/h1-2,7-9,15,18,26H,3-6,10-12H2. The smallest absolute Gasteiger partial charge is 0.236 e. The first-order valence-electron chi connectivity index (χ1n) is 9.82. The molecule has 2 atom stereocenters. The number of rotatable bonds is 7. The molecule has 2 aromatic rings. The van der Waals surface area contributed by atoms with Gasteiger partial charge in [-0.1, -0.05) is 0 Å². The normalized spacial score (nSPS) is 20.8. The van der Waals surface area contributed by atoms with Crippen LogP contribution in [-0.4, -0.2) is 54.7 Å². The Labute approximate surface area is 172 Å². The zero-order chi connectivity index (χ0) is 21.1. The van der Waals surface area contributed by atoms with Crippen LogP contribution in [0.25, 0.3) is 0 Å². The van der Waals surface area contributed by atoms with Crippen molar-refractivity contribution < 1.29 is 27.4 Å². The number of halogens is 3. The van der Waals surface area contributed by atoms with Crippen molar-refractivity contribution in [3.63, 3.8) is 0 Å². The van der Waals surface area contributed by atoms with Gasteiger partial charge in [0.05, 0.1) is 19.8 Å². The van der Waals surface area contributed by atoms with Crippen LogP contribution in [0.4, 0.5) is 13.2 Å². The number of ether oxygens (including phenoxy) is 2. The van der Waals surface area contributed by atoms with Gasteiger partial charge in [-0.05, 0) is 30.2 Å². The zero-order valence-electron chi connectivity index (χ0n) is 16.2. The minimum Gasteiger partial charge on any atom is -0.486 e. The Morgan fingerprint density at radius 2 is 2.03 bits per heavy atom. The number of carbonyl (C=O) groups excluding carboxylic acids is 1. The van der Waals surface area contributed by atoms with Crippen LogP contribution in [0.5, 0.6) is 5.75 Å². The Morgan fingerprint density at radius 1 is 1.23 bits per heavy atom. The number of hydrogen-bond acceptors (Lipinski definition) is 5. The number of benzene rings is 1. The molecule has 0 bridgehead atoms. The minimum absolute atomic E-state index is 0.0226. The molecule has 1 aliphatic heterocycles. The molecule has 1 saturated heterocycles.